The molecule has 0 radical (unpaired) electrons. The summed E-state index contributed by atoms with van der Waals surface area (Å²) in [4.78, 5) is 21.5. The maximum Gasteiger partial charge on any atom is 0.171 e. The van der Waals surface area contributed by atoms with Gasteiger partial charge in [-0.15, -0.1) is 0 Å². The Balaban J connectivity index is -0.000000506. The van der Waals surface area contributed by atoms with Gasteiger partial charge in [0.15, 0.2) is 23.2 Å². The molecular formula is C36H59FIN7. The molecular weight excluding hydrogens is 676 g/mol. The smallest absolute Gasteiger partial charge is 0.171 e. The van der Waals surface area contributed by atoms with E-state index in [1.54, 1.807) is 0 Å². The fourth-order valence-corrected chi connectivity index (χ4v) is 3.85. The standard InChI is InChI=1S/C10H15N.3C8H12N2.2CH4.FI/c1-6-7(2)9(4)11-10(5)8(6)3;1-5-6(2)10-8(4)7(3)9-5;1-5-6(2)9-8(4)10-7(5)3;1-5-6(2)8(4)10-9-7(5)3;;;1-2/h1-5H3;3*1-4H3;2*1H4;. The van der Waals surface area contributed by atoms with Crippen LogP contribution in [0.15, 0.2) is 0 Å². The van der Waals surface area contributed by atoms with E-state index < -0.39 is 0 Å². The number of aryl methyl sites for hydroxylation is 11. The average molecular weight is 736 g/mol. The van der Waals surface area contributed by atoms with Crippen LogP contribution in [0.25, 0.3) is 0 Å². The third-order valence-electron chi connectivity index (χ3n) is 8.01. The molecule has 252 valence electrons. The Kier molecular flexibility index (Phi) is 22.4. The van der Waals surface area contributed by atoms with Crippen molar-refractivity contribution >= 4 is 23.2 Å². The number of nitrogens with zero attached hydrogens (tertiary/aromatic N) is 7. The first-order chi connectivity index (χ1) is 19.9. The molecule has 0 aliphatic rings. The average Bonchev–Trinajstić information content (AvgIpc) is 2.96. The molecule has 0 fully saturated rings. The largest absolute Gasteiger partial charge is 0.258 e. The highest BCUT2D eigenvalue weighted by molar-refractivity contribution is 14.1. The molecule has 4 aromatic rings. The van der Waals surface area contributed by atoms with E-state index in [0.29, 0.717) is 23.2 Å². The van der Waals surface area contributed by atoms with Crippen molar-refractivity contribution in [2.45, 2.75) is 133 Å². The van der Waals surface area contributed by atoms with Crippen LogP contribution in [0.2, 0.25) is 0 Å². The van der Waals surface area contributed by atoms with Gasteiger partial charge in [0, 0.05) is 22.8 Å². The Morgan fingerprint density at radius 1 is 0.289 bits per heavy atom. The lowest BCUT2D eigenvalue weighted by Crippen LogP contribution is -1.98. The van der Waals surface area contributed by atoms with Gasteiger partial charge in [0.25, 0.3) is 0 Å². The van der Waals surface area contributed by atoms with Crippen LogP contribution >= 0.6 is 23.2 Å². The molecule has 45 heavy (non-hydrogen) atoms. The normalized spacial score (nSPS) is 9.31. The van der Waals surface area contributed by atoms with Gasteiger partial charge >= 0.3 is 0 Å². The second-order valence-electron chi connectivity index (χ2n) is 10.9. The predicted octanol–water partition coefficient (Wildman–Crippen LogP) is 10.3. The molecule has 0 unspecified atom stereocenters. The van der Waals surface area contributed by atoms with Gasteiger partial charge in [0.05, 0.1) is 34.2 Å². The SMILES string of the molecule is C.C.Cc1nc(C)c(C)c(C)c1C.Cc1nc(C)c(C)c(C)n1.Cc1nc(C)c(C)nc1C.Cc1nnc(C)c(C)c1C.FI. The van der Waals surface area contributed by atoms with E-state index in [0.717, 1.165) is 62.8 Å². The Morgan fingerprint density at radius 3 is 0.800 bits per heavy atom. The first kappa shape index (κ1) is 46.5. The zero-order valence-corrected chi connectivity index (χ0v) is 31.5. The predicted molar refractivity (Wildman–Crippen MR) is 199 cm³/mol. The Morgan fingerprint density at radius 2 is 0.511 bits per heavy atom. The van der Waals surface area contributed by atoms with Gasteiger partial charge in [-0.1, -0.05) is 14.9 Å². The summed E-state index contributed by atoms with van der Waals surface area (Å²) in [5.41, 5.74) is 18.4. The number of halogens is 2. The Bertz CT molecular complexity index is 1390. The van der Waals surface area contributed by atoms with Gasteiger partial charge in [0.1, 0.15) is 5.82 Å². The molecule has 0 bridgehead atoms. The minimum Gasteiger partial charge on any atom is -0.258 e. The summed E-state index contributed by atoms with van der Waals surface area (Å²) in [6, 6.07) is 0. The molecule has 7 nitrogen and oxygen atoms in total. The van der Waals surface area contributed by atoms with Crippen LogP contribution in [0.5, 0.6) is 0 Å². The molecule has 0 aliphatic carbocycles. The fraction of sp³-hybridized carbons (Fsp3) is 0.528. The van der Waals surface area contributed by atoms with Gasteiger partial charge in [-0.2, -0.15) is 13.1 Å². The van der Waals surface area contributed by atoms with Crippen LogP contribution in [0.3, 0.4) is 0 Å². The van der Waals surface area contributed by atoms with Crippen LogP contribution in [0, 0.1) is 118 Å². The van der Waals surface area contributed by atoms with Crippen LogP contribution in [-0.4, -0.2) is 35.1 Å². The first-order valence-electron chi connectivity index (χ1n) is 14.3. The van der Waals surface area contributed by atoms with Crippen molar-refractivity contribution in [3.05, 3.63) is 96.1 Å². The zero-order valence-electron chi connectivity index (χ0n) is 29.4. The number of aromatic nitrogens is 7. The highest BCUT2D eigenvalue weighted by Crippen LogP contribution is 2.16. The number of pyridine rings is 1. The van der Waals surface area contributed by atoms with Crippen molar-refractivity contribution in [2.75, 3.05) is 0 Å². The topological polar surface area (TPSA) is 90.2 Å². The summed E-state index contributed by atoms with van der Waals surface area (Å²) in [5, 5.41) is 7.98. The van der Waals surface area contributed by atoms with Crippen LogP contribution in [-0.2, 0) is 0 Å². The fourth-order valence-electron chi connectivity index (χ4n) is 3.85. The van der Waals surface area contributed by atoms with Crippen molar-refractivity contribution < 1.29 is 2.86 Å². The molecule has 9 heteroatoms. The van der Waals surface area contributed by atoms with Gasteiger partial charge < -0.3 is 0 Å². The van der Waals surface area contributed by atoms with Crippen molar-refractivity contribution in [3.8, 4) is 0 Å². The third kappa shape index (κ3) is 14.3. The van der Waals surface area contributed by atoms with Crippen molar-refractivity contribution in [3.63, 3.8) is 0 Å². The van der Waals surface area contributed by atoms with E-state index in [-0.39, 0.29) is 14.9 Å². The van der Waals surface area contributed by atoms with Crippen LogP contribution in [0.1, 0.15) is 111 Å². The van der Waals surface area contributed by atoms with E-state index in [1.807, 2.05) is 69.2 Å². The minimum absolute atomic E-state index is 0. The molecule has 0 N–H and O–H groups in total. The zero-order chi connectivity index (χ0) is 33.8. The minimum atomic E-state index is 0. The first-order valence-corrected chi connectivity index (χ1v) is 15.1. The van der Waals surface area contributed by atoms with E-state index in [2.05, 4.69) is 83.6 Å². The van der Waals surface area contributed by atoms with Crippen molar-refractivity contribution in [1.82, 2.24) is 35.1 Å². The lowest BCUT2D eigenvalue weighted by Gasteiger charge is -2.09. The number of hydrogen-bond acceptors (Lipinski definition) is 7. The number of rotatable bonds is 0. The summed E-state index contributed by atoms with van der Waals surface area (Å²) in [6.45, 7) is 34.6. The summed E-state index contributed by atoms with van der Waals surface area (Å²) >= 11 is 0.650. The van der Waals surface area contributed by atoms with E-state index in [9.17, 15) is 2.86 Å². The summed E-state index contributed by atoms with van der Waals surface area (Å²) in [5.74, 6) is 0.862. The lowest BCUT2D eigenvalue weighted by atomic mass is 10.0. The third-order valence-corrected chi connectivity index (χ3v) is 8.01. The van der Waals surface area contributed by atoms with E-state index in [4.69, 9.17) is 0 Å². The molecule has 0 aliphatic heterocycles. The highest BCUT2D eigenvalue weighted by Gasteiger charge is 2.04. The van der Waals surface area contributed by atoms with Crippen molar-refractivity contribution in [1.29, 1.82) is 0 Å². The summed E-state index contributed by atoms with van der Waals surface area (Å²) < 4.78 is 9.47. The Labute approximate surface area is 288 Å². The summed E-state index contributed by atoms with van der Waals surface area (Å²) in [6.07, 6.45) is 0. The molecule has 4 heterocycles. The molecule has 4 rings (SSSR count). The van der Waals surface area contributed by atoms with Gasteiger partial charge in [-0.25, -0.2) is 9.97 Å². The summed E-state index contributed by atoms with van der Waals surface area (Å²) in [7, 11) is 0. The molecule has 0 atom stereocenters. The molecule has 0 amide bonds. The Hall–Kier alpha value is -2.95. The van der Waals surface area contributed by atoms with E-state index in [1.165, 1.54) is 33.4 Å². The van der Waals surface area contributed by atoms with Gasteiger partial charge in [0.2, 0.25) is 0 Å². The second-order valence-corrected chi connectivity index (χ2v) is 10.9. The maximum absolute atomic E-state index is 9.47. The number of hydrogen-bond donors (Lipinski definition) is 0. The molecule has 0 saturated heterocycles. The molecule has 0 aromatic carbocycles. The van der Waals surface area contributed by atoms with Gasteiger partial charge in [-0.05, 0) is 151 Å². The van der Waals surface area contributed by atoms with Crippen LogP contribution < -0.4 is 0 Å². The maximum atomic E-state index is 9.47. The van der Waals surface area contributed by atoms with E-state index >= 15 is 0 Å². The highest BCUT2D eigenvalue weighted by atomic mass is 127. The quantitative estimate of drug-likeness (QED) is 0.166. The lowest BCUT2D eigenvalue weighted by molar-refractivity contribution is 0.905. The second kappa shape index (κ2) is 21.7. The monoisotopic (exact) mass is 735 g/mol. The molecule has 0 spiro atoms. The molecule has 0 saturated carbocycles. The molecule has 4 aromatic heterocycles. The van der Waals surface area contributed by atoms with Gasteiger partial charge in [-0.3, -0.25) is 15.0 Å². The van der Waals surface area contributed by atoms with Crippen LogP contribution in [0.4, 0.5) is 2.86 Å². The van der Waals surface area contributed by atoms with Crippen molar-refractivity contribution in [2.24, 2.45) is 0 Å².